The summed E-state index contributed by atoms with van der Waals surface area (Å²) in [6.45, 7) is 0. The summed E-state index contributed by atoms with van der Waals surface area (Å²) in [6, 6.07) is 3.78. The molecule has 104 valence electrons. The van der Waals surface area contributed by atoms with Gasteiger partial charge >= 0.3 is 5.97 Å². The van der Waals surface area contributed by atoms with Crippen LogP contribution in [0.2, 0.25) is 0 Å². The lowest BCUT2D eigenvalue weighted by Crippen LogP contribution is -2.41. The van der Waals surface area contributed by atoms with Gasteiger partial charge in [-0.1, -0.05) is 6.42 Å². The predicted octanol–water partition coefficient (Wildman–Crippen LogP) is 1.14. The normalized spacial score (nSPS) is 16.3. The first-order chi connectivity index (χ1) is 8.84. The zero-order chi connectivity index (χ0) is 14.2. The smallest absolute Gasteiger partial charge is 0.337 e. The first kappa shape index (κ1) is 13.8. The van der Waals surface area contributed by atoms with Crippen LogP contribution in [0.1, 0.15) is 29.6 Å². The van der Waals surface area contributed by atoms with Gasteiger partial charge in [-0.05, 0) is 31.0 Å². The maximum Gasteiger partial charge on any atom is 0.337 e. The number of sulfonamides is 1. The topological polar surface area (TPSA) is 101 Å². The van der Waals surface area contributed by atoms with E-state index in [0.29, 0.717) is 0 Å². The third-order valence-corrected chi connectivity index (χ3v) is 5.45. The first-order valence-electron chi connectivity index (χ1n) is 5.95. The number of anilines is 1. The van der Waals surface area contributed by atoms with Crippen molar-refractivity contribution in [1.82, 2.24) is 4.31 Å². The van der Waals surface area contributed by atoms with E-state index in [9.17, 15) is 13.2 Å². The molecule has 0 bridgehead atoms. The van der Waals surface area contributed by atoms with Crippen LogP contribution in [0.25, 0.3) is 0 Å². The third kappa shape index (κ3) is 2.43. The van der Waals surface area contributed by atoms with Crippen molar-refractivity contribution >= 4 is 21.7 Å². The highest BCUT2D eigenvalue weighted by atomic mass is 32.2. The maximum atomic E-state index is 12.4. The van der Waals surface area contributed by atoms with Crippen LogP contribution in [0.3, 0.4) is 0 Å². The number of carbonyl (C=O) groups is 1. The molecule has 0 unspecified atom stereocenters. The molecule has 6 nitrogen and oxygen atoms in total. The van der Waals surface area contributed by atoms with Crippen molar-refractivity contribution < 1.29 is 18.3 Å². The number of rotatable bonds is 4. The molecule has 0 heterocycles. The monoisotopic (exact) mass is 284 g/mol. The van der Waals surface area contributed by atoms with E-state index in [2.05, 4.69) is 0 Å². The quantitative estimate of drug-likeness (QED) is 0.807. The summed E-state index contributed by atoms with van der Waals surface area (Å²) in [5.74, 6) is -1.30. The number of nitrogens with two attached hydrogens (primary N) is 1. The summed E-state index contributed by atoms with van der Waals surface area (Å²) in [5.41, 5.74) is 5.45. The zero-order valence-corrected chi connectivity index (χ0v) is 11.4. The molecule has 3 N–H and O–H groups in total. The average molecular weight is 284 g/mol. The van der Waals surface area contributed by atoms with E-state index < -0.39 is 16.0 Å². The van der Waals surface area contributed by atoms with Crippen LogP contribution in [0, 0.1) is 0 Å². The van der Waals surface area contributed by atoms with Crippen LogP contribution in [0.4, 0.5) is 5.69 Å². The fourth-order valence-corrected chi connectivity index (χ4v) is 3.62. The molecule has 1 fully saturated rings. The van der Waals surface area contributed by atoms with Crippen molar-refractivity contribution in [3.05, 3.63) is 23.8 Å². The number of aromatic carboxylic acids is 1. The highest BCUT2D eigenvalue weighted by Gasteiger charge is 2.34. The number of benzene rings is 1. The minimum atomic E-state index is -3.79. The van der Waals surface area contributed by atoms with Crippen LogP contribution in [-0.4, -0.2) is 36.9 Å². The van der Waals surface area contributed by atoms with Gasteiger partial charge in [-0.2, -0.15) is 4.31 Å². The Morgan fingerprint density at radius 3 is 2.53 bits per heavy atom. The van der Waals surface area contributed by atoms with Gasteiger partial charge in [-0.15, -0.1) is 0 Å². The molecule has 1 aliphatic rings. The second-order valence-corrected chi connectivity index (χ2v) is 6.63. The Bertz CT molecular complexity index is 608. The molecule has 0 amide bonds. The molecular weight excluding hydrogens is 268 g/mol. The molecule has 0 radical (unpaired) electrons. The average Bonchev–Trinajstić information content (AvgIpc) is 2.25. The lowest BCUT2D eigenvalue weighted by Gasteiger charge is -2.34. The van der Waals surface area contributed by atoms with E-state index in [0.717, 1.165) is 19.3 Å². The molecule has 1 aliphatic carbocycles. The molecule has 19 heavy (non-hydrogen) atoms. The van der Waals surface area contributed by atoms with Crippen LogP contribution >= 0.6 is 0 Å². The van der Waals surface area contributed by atoms with Gasteiger partial charge in [0, 0.05) is 18.8 Å². The van der Waals surface area contributed by atoms with Crippen molar-refractivity contribution in [3.63, 3.8) is 0 Å². The third-order valence-electron chi connectivity index (χ3n) is 3.48. The molecule has 1 aromatic carbocycles. The Morgan fingerprint density at radius 1 is 1.42 bits per heavy atom. The predicted molar refractivity (Wildman–Crippen MR) is 70.4 cm³/mol. The van der Waals surface area contributed by atoms with Gasteiger partial charge in [0.25, 0.3) is 0 Å². The molecule has 0 spiro atoms. The molecular formula is C12H16N2O4S. The highest BCUT2D eigenvalue weighted by molar-refractivity contribution is 7.89. The summed E-state index contributed by atoms with van der Waals surface area (Å²) in [6.07, 6.45) is 2.62. The second kappa shape index (κ2) is 4.82. The van der Waals surface area contributed by atoms with Crippen LogP contribution < -0.4 is 5.73 Å². The molecule has 0 saturated heterocycles. The van der Waals surface area contributed by atoms with Gasteiger partial charge < -0.3 is 10.8 Å². The number of carboxylic acids is 1. The van der Waals surface area contributed by atoms with E-state index in [-0.39, 0.29) is 22.2 Å². The van der Waals surface area contributed by atoms with Gasteiger partial charge in [0.1, 0.15) is 0 Å². The van der Waals surface area contributed by atoms with E-state index in [1.807, 2.05) is 0 Å². The van der Waals surface area contributed by atoms with E-state index in [1.54, 1.807) is 0 Å². The number of carboxylic acid groups (broad SMARTS) is 1. The largest absolute Gasteiger partial charge is 0.478 e. The number of nitrogens with zero attached hydrogens (tertiary/aromatic N) is 1. The zero-order valence-electron chi connectivity index (χ0n) is 10.5. The van der Waals surface area contributed by atoms with E-state index in [4.69, 9.17) is 10.8 Å². The fraction of sp³-hybridized carbons (Fsp3) is 0.417. The van der Waals surface area contributed by atoms with Crippen molar-refractivity contribution in [2.45, 2.75) is 30.2 Å². The second-order valence-electron chi connectivity index (χ2n) is 4.67. The lowest BCUT2D eigenvalue weighted by atomic mass is 9.94. The minimum Gasteiger partial charge on any atom is -0.478 e. The SMILES string of the molecule is CN(C1CCC1)S(=O)(=O)c1ccc(N)cc1C(=O)O. The molecule has 1 saturated carbocycles. The van der Waals surface area contributed by atoms with Gasteiger partial charge in [0.2, 0.25) is 10.0 Å². The number of hydrogen-bond donors (Lipinski definition) is 2. The van der Waals surface area contributed by atoms with Crippen LogP contribution in [0.5, 0.6) is 0 Å². The first-order valence-corrected chi connectivity index (χ1v) is 7.39. The number of nitrogen functional groups attached to an aromatic ring is 1. The fourth-order valence-electron chi connectivity index (χ4n) is 2.04. The molecule has 1 aromatic rings. The Morgan fingerprint density at radius 2 is 2.05 bits per heavy atom. The highest BCUT2D eigenvalue weighted by Crippen LogP contribution is 2.30. The molecule has 7 heteroatoms. The standard InChI is InChI=1S/C12H16N2O4S/c1-14(9-3-2-4-9)19(17,18)11-6-5-8(13)7-10(11)12(15)16/h5-7,9H,2-4,13H2,1H3,(H,15,16). The van der Waals surface area contributed by atoms with Crippen LogP contribution in [-0.2, 0) is 10.0 Å². The molecule has 2 rings (SSSR count). The summed E-state index contributed by atoms with van der Waals surface area (Å²) in [7, 11) is -2.31. The van der Waals surface area contributed by atoms with Crippen molar-refractivity contribution in [3.8, 4) is 0 Å². The molecule has 0 aromatic heterocycles. The summed E-state index contributed by atoms with van der Waals surface area (Å²) < 4.78 is 26.1. The summed E-state index contributed by atoms with van der Waals surface area (Å²) in [5, 5.41) is 9.11. The van der Waals surface area contributed by atoms with Crippen LogP contribution in [0.15, 0.2) is 23.1 Å². The molecule has 0 atom stereocenters. The maximum absolute atomic E-state index is 12.4. The van der Waals surface area contributed by atoms with Crippen molar-refractivity contribution in [1.29, 1.82) is 0 Å². The Balaban J connectivity index is 2.48. The van der Waals surface area contributed by atoms with Gasteiger partial charge in [0.15, 0.2) is 0 Å². The van der Waals surface area contributed by atoms with Crippen molar-refractivity contribution in [2.75, 3.05) is 12.8 Å². The molecule has 0 aliphatic heterocycles. The van der Waals surface area contributed by atoms with E-state index in [1.165, 1.54) is 29.6 Å². The Hall–Kier alpha value is -1.60. The Labute approximate surface area is 111 Å². The summed E-state index contributed by atoms with van der Waals surface area (Å²) in [4.78, 5) is 11.0. The minimum absolute atomic E-state index is 0.0378. The van der Waals surface area contributed by atoms with E-state index >= 15 is 0 Å². The van der Waals surface area contributed by atoms with Gasteiger partial charge in [0.05, 0.1) is 10.5 Å². The van der Waals surface area contributed by atoms with Crippen molar-refractivity contribution in [2.24, 2.45) is 0 Å². The van der Waals surface area contributed by atoms with Gasteiger partial charge in [-0.25, -0.2) is 13.2 Å². The Kier molecular flexibility index (Phi) is 3.51. The lowest BCUT2D eigenvalue weighted by molar-refractivity contribution is 0.0692. The summed E-state index contributed by atoms with van der Waals surface area (Å²) >= 11 is 0. The van der Waals surface area contributed by atoms with Gasteiger partial charge in [-0.3, -0.25) is 0 Å². The number of hydrogen-bond acceptors (Lipinski definition) is 4.